The Kier molecular flexibility index (Phi) is 3.40. The van der Waals surface area contributed by atoms with Crippen molar-refractivity contribution >= 4 is 0 Å². The van der Waals surface area contributed by atoms with Crippen molar-refractivity contribution in [2.45, 2.75) is 45.2 Å². The van der Waals surface area contributed by atoms with Gasteiger partial charge in [0, 0.05) is 19.1 Å². The molecule has 0 spiro atoms. The highest BCUT2D eigenvalue weighted by Gasteiger charge is 2.23. The maximum atomic E-state index is 6.17. The molecule has 98 valence electrons. The Bertz CT molecular complexity index is 427. The molecule has 2 atom stereocenters. The van der Waals surface area contributed by atoms with Crippen LogP contribution in [0.5, 0.6) is 0 Å². The maximum absolute atomic E-state index is 6.17. The summed E-state index contributed by atoms with van der Waals surface area (Å²) in [7, 11) is 0. The smallest absolute Gasteiger partial charge is 0.0234 e. The summed E-state index contributed by atoms with van der Waals surface area (Å²) < 4.78 is 0. The molecule has 1 aromatic rings. The van der Waals surface area contributed by atoms with Crippen LogP contribution < -0.4 is 5.73 Å². The Morgan fingerprint density at radius 1 is 1.28 bits per heavy atom. The van der Waals surface area contributed by atoms with E-state index in [0.717, 1.165) is 13.1 Å². The molecule has 1 aliphatic heterocycles. The van der Waals surface area contributed by atoms with Gasteiger partial charge in [0.15, 0.2) is 0 Å². The summed E-state index contributed by atoms with van der Waals surface area (Å²) >= 11 is 0. The summed E-state index contributed by atoms with van der Waals surface area (Å²) in [6.45, 7) is 5.61. The monoisotopic (exact) mass is 244 g/mol. The first-order chi connectivity index (χ1) is 8.72. The molecule has 2 aliphatic rings. The number of piperidine rings is 1. The van der Waals surface area contributed by atoms with Crippen molar-refractivity contribution in [2.24, 2.45) is 11.7 Å². The first-order valence-electron chi connectivity index (χ1n) is 7.31. The number of fused-ring (bicyclic) bond motifs is 1. The molecule has 18 heavy (non-hydrogen) atoms. The molecular weight excluding hydrogens is 220 g/mol. The second kappa shape index (κ2) is 5.02. The molecule has 0 saturated carbocycles. The maximum Gasteiger partial charge on any atom is 0.0234 e. The minimum absolute atomic E-state index is 0.355. The number of hydrogen-bond donors (Lipinski definition) is 1. The van der Waals surface area contributed by atoms with Crippen molar-refractivity contribution in [1.29, 1.82) is 0 Å². The van der Waals surface area contributed by atoms with Crippen molar-refractivity contribution in [3.63, 3.8) is 0 Å². The van der Waals surface area contributed by atoms with Gasteiger partial charge in [-0.15, -0.1) is 0 Å². The van der Waals surface area contributed by atoms with E-state index in [1.807, 2.05) is 0 Å². The Hall–Kier alpha value is -0.860. The fourth-order valence-corrected chi connectivity index (χ4v) is 3.29. The Balaban J connectivity index is 1.66. The summed E-state index contributed by atoms with van der Waals surface area (Å²) in [6.07, 6.45) is 5.14. The van der Waals surface area contributed by atoms with Crippen LogP contribution in [-0.4, -0.2) is 24.0 Å². The summed E-state index contributed by atoms with van der Waals surface area (Å²) in [5.41, 5.74) is 10.8. The number of nitrogens with zero attached hydrogens (tertiary/aromatic N) is 1. The third-order valence-corrected chi connectivity index (χ3v) is 4.67. The molecule has 1 aromatic carbocycles. The Morgan fingerprint density at radius 2 is 2.11 bits per heavy atom. The molecule has 2 heteroatoms. The van der Waals surface area contributed by atoms with Crippen LogP contribution in [0.25, 0.3) is 0 Å². The number of aryl methyl sites for hydroxylation is 2. The zero-order chi connectivity index (χ0) is 12.5. The Labute approximate surface area is 110 Å². The number of nitrogens with two attached hydrogens (primary N) is 1. The van der Waals surface area contributed by atoms with Crippen molar-refractivity contribution in [2.75, 3.05) is 13.1 Å². The second-order valence-electron chi connectivity index (χ2n) is 6.12. The normalized spacial score (nSPS) is 28.3. The number of rotatable bonds is 2. The quantitative estimate of drug-likeness (QED) is 0.865. The number of likely N-dealkylation sites (tertiary alicyclic amines) is 1. The van der Waals surface area contributed by atoms with Gasteiger partial charge in [-0.3, -0.25) is 4.90 Å². The van der Waals surface area contributed by atoms with Crippen LogP contribution >= 0.6 is 0 Å². The minimum Gasteiger partial charge on any atom is -0.326 e. The Morgan fingerprint density at radius 3 is 2.94 bits per heavy atom. The first-order valence-corrected chi connectivity index (χ1v) is 7.31. The molecule has 0 amide bonds. The van der Waals surface area contributed by atoms with E-state index in [2.05, 4.69) is 30.0 Å². The lowest BCUT2D eigenvalue weighted by Gasteiger charge is -2.35. The van der Waals surface area contributed by atoms with Crippen LogP contribution in [0.2, 0.25) is 0 Å². The van der Waals surface area contributed by atoms with Gasteiger partial charge in [0.05, 0.1) is 0 Å². The lowest BCUT2D eigenvalue weighted by Crippen LogP contribution is -2.47. The van der Waals surface area contributed by atoms with Crippen molar-refractivity contribution in [3.05, 3.63) is 34.9 Å². The fourth-order valence-electron chi connectivity index (χ4n) is 3.29. The van der Waals surface area contributed by atoms with Gasteiger partial charge in [0.2, 0.25) is 0 Å². The molecule has 1 fully saturated rings. The van der Waals surface area contributed by atoms with Crippen LogP contribution in [-0.2, 0) is 19.4 Å². The zero-order valence-corrected chi connectivity index (χ0v) is 11.4. The van der Waals surface area contributed by atoms with Crippen LogP contribution in [0, 0.1) is 5.92 Å². The first kappa shape index (κ1) is 12.2. The molecule has 3 rings (SSSR count). The average Bonchev–Trinajstić information content (AvgIpc) is 2.81. The average molecular weight is 244 g/mol. The highest BCUT2D eigenvalue weighted by Crippen LogP contribution is 2.24. The third-order valence-electron chi connectivity index (χ3n) is 4.67. The number of hydrogen-bond acceptors (Lipinski definition) is 2. The highest BCUT2D eigenvalue weighted by molar-refractivity contribution is 5.35. The summed E-state index contributed by atoms with van der Waals surface area (Å²) in [4.78, 5) is 2.52. The second-order valence-corrected chi connectivity index (χ2v) is 6.12. The molecule has 2 unspecified atom stereocenters. The van der Waals surface area contributed by atoms with E-state index in [1.165, 1.54) is 37.8 Å². The topological polar surface area (TPSA) is 29.3 Å². The standard InChI is InChI=1S/C16H24N2/c1-12-7-8-18(11-16(12)17)10-13-5-6-14-3-2-4-15(14)9-13/h5-6,9,12,16H,2-4,7-8,10-11,17H2,1H3. The SMILES string of the molecule is CC1CCN(Cc2ccc3c(c2)CCC3)CC1N. The zero-order valence-electron chi connectivity index (χ0n) is 11.4. The van der Waals surface area contributed by atoms with Gasteiger partial charge in [-0.05, 0) is 54.8 Å². The van der Waals surface area contributed by atoms with Gasteiger partial charge in [-0.2, -0.15) is 0 Å². The molecule has 0 radical (unpaired) electrons. The molecular formula is C16H24N2. The highest BCUT2D eigenvalue weighted by atomic mass is 15.1. The van der Waals surface area contributed by atoms with Gasteiger partial charge in [-0.25, -0.2) is 0 Å². The van der Waals surface area contributed by atoms with Crippen molar-refractivity contribution in [3.8, 4) is 0 Å². The summed E-state index contributed by atoms with van der Waals surface area (Å²) in [5, 5.41) is 0. The fraction of sp³-hybridized carbons (Fsp3) is 0.625. The van der Waals surface area contributed by atoms with Gasteiger partial charge in [0.25, 0.3) is 0 Å². The lowest BCUT2D eigenvalue weighted by molar-refractivity contribution is 0.162. The number of benzene rings is 1. The van der Waals surface area contributed by atoms with Gasteiger partial charge in [0.1, 0.15) is 0 Å². The van der Waals surface area contributed by atoms with Crippen molar-refractivity contribution in [1.82, 2.24) is 4.90 Å². The van der Waals surface area contributed by atoms with Crippen LogP contribution in [0.1, 0.15) is 36.5 Å². The van der Waals surface area contributed by atoms with Gasteiger partial charge < -0.3 is 5.73 Å². The van der Waals surface area contributed by atoms with Crippen molar-refractivity contribution < 1.29 is 0 Å². The van der Waals surface area contributed by atoms with E-state index in [1.54, 1.807) is 11.1 Å². The van der Waals surface area contributed by atoms with E-state index in [9.17, 15) is 0 Å². The van der Waals surface area contributed by atoms with E-state index < -0.39 is 0 Å². The van der Waals surface area contributed by atoms with E-state index in [-0.39, 0.29) is 0 Å². The molecule has 1 heterocycles. The lowest BCUT2D eigenvalue weighted by atomic mass is 9.94. The summed E-state index contributed by atoms with van der Waals surface area (Å²) in [6, 6.07) is 7.43. The summed E-state index contributed by atoms with van der Waals surface area (Å²) in [5.74, 6) is 0.682. The minimum atomic E-state index is 0.355. The van der Waals surface area contributed by atoms with Crippen LogP contribution in [0.15, 0.2) is 18.2 Å². The molecule has 1 aliphatic carbocycles. The van der Waals surface area contributed by atoms with Crippen LogP contribution in [0.4, 0.5) is 0 Å². The van der Waals surface area contributed by atoms with E-state index in [0.29, 0.717) is 12.0 Å². The molecule has 2 N–H and O–H groups in total. The predicted octanol–water partition coefficient (Wildman–Crippen LogP) is 2.34. The molecule has 1 saturated heterocycles. The molecule has 0 bridgehead atoms. The van der Waals surface area contributed by atoms with E-state index in [4.69, 9.17) is 5.73 Å². The molecule has 0 aromatic heterocycles. The molecule has 2 nitrogen and oxygen atoms in total. The largest absolute Gasteiger partial charge is 0.326 e. The third kappa shape index (κ3) is 2.45. The van der Waals surface area contributed by atoms with Crippen LogP contribution in [0.3, 0.4) is 0 Å². The van der Waals surface area contributed by atoms with E-state index >= 15 is 0 Å². The predicted molar refractivity (Wildman–Crippen MR) is 75.5 cm³/mol. The van der Waals surface area contributed by atoms with Gasteiger partial charge >= 0.3 is 0 Å². The van der Waals surface area contributed by atoms with Gasteiger partial charge in [-0.1, -0.05) is 25.1 Å².